The monoisotopic (exact) mass is 372 g/mol. The van der Waals surface area contributed by atoms with Gasteiger partial charge in [0.15, 0.2) is 0 Å². The van der Waals surface area contributed by atoms with Crippen LogP contribution in [0.4, 0.5) is 5.69 Å². The Balaban J connectivity index is 1.75. The Morgan fingerprint density at radius 2 is 1.85 bits per heavy atom. The number of nitrogens with one attached hydrogen (secondary N) is 1. The number of hydrogen-bond acceptors (Lipinski definition) is 3. The summed E-state index contributed by atoms with van der Waals surface area (Å²) < 4.78 is 24.9. The molecule has 0 aliphatic heterocycles. The second-order valence-corrected chi connectivity index (χ2v) is 8.50. The molecule has 0 aromatic heterocycles. The summed E-state index contributed by atoms with van der Waals surface area (Å²) in [5.41, 5.74) is 3.58. The second-order valence-electron chi connectivity index (χ2n) is 6.59. The van der Waals surface area contributed by atoms with Crippen molar-refractivity contribution in [3.8, 4) is 0 Å². The van der Waals surface area contributed by atoms with Crippen LogP contribution < -0.4 is 9.62 Å². The third-order valence-electron chi connectivity index (χ3n) is 4.78. The largest absolute Gasteiger partial charge is 0.345 e. The summed E-state index contributed by atoms with van der Waals surface area (Å²) in [6, 6.07) is 14.9. The first-order chi connectivity index (χ1) is 12.4. The van der Waals surface area contributed by atoms with Crippen LogP contribution in [0, 0.1) is 0 Å². The van der Waals surface area contributed by atoms with E-state index in [0.29, 0.717) is 17.8 Å². The molecule has 2 aromatic rings. The third-order valence-corrected chi connectivity index (χ3v) is 6.05. The fourth-order valence-corrected chi connectivity index (χ4v) is 4.51. The van der Waals surface area contributed by atoms with Crippen molar-refractivity contribution in [1.82, 2.24) is 5.32 Å². The third kappa shape index (κ3) is 3.90. The number of carbonyl (C=O) groups excluding carboxylic acids is 1. The summed E-state index contributed by atoms with van der Waals surface area (Å²) >= 11 is 0. The van der Waals surface area contributed by atoms with Gasteiger partial charge >= 0.3 is 0 Å². The molecule has 5 nitrogen and oxygen atoms in total. The van der Waals surface area contributed by atoms with E-state index in [2.05, 4.69) is 17.4 Å². The van der Waals surface area contributed by atoms with Gasteiger partial charge in [0.1, 0.15) is 0 Å². The standard InChI is InChI=1S/C20H24N2O3S/c1-3-22(26(2,24)25)17-13-11-16(12-14-17)20(23)21-19-10-6-8-15-7-4-5-9-18(15)19/h4-5,7,9,11-14,19H,3,6,8,10H2,1-2H3,(H,21,23)/t19-/m0/s1. The van der Waals surface area contributed by atoms with Gasteiger partial charge in [0.2, 0.25) is 10.0 Å². The highest BCUT2D eigenvalue weighted by molar-refractivity contribution is 7.92. The van der Waals surface area contributed by atoms with E-state index in [1.165, 1.54) is 21.7 Å². The molecule has 0 saturated carbocycles. The van der Waals surface area contributed by atoms with Gasteiger partial charge in [0.25, 0.3) is 5.91 Å². The zero-order valence-electron chi connectivity index (χ0n) is 15.1. The molecule has 0 fully saturated rings. The van der Waals surface area contributed by atoms with E-state index in [-0.39, 0.29) is 11.9 Å². The second kappa shape index (κ2) is 7.50. The van der Waals surface area contributed by atoms with E-state index >= 15 is 0 Å². The number of rotatable bonds is 5. The van der Waals surface area contributed by atoms with Crippen LogP contribution in [0.5, 0.6) is 0 Å². The van der Waals surface area contributed by atoms with Gasteiger partial charge in [0, 0.05) is 12.1 Å². The Labute approximate surface area is 155 Å². The molecule has 138 valence electrons. The van der Waals surface area contributed by atoms with Gasteiger partial charge in [-0.3, -0.25) is 9.10 Å². The highest BCUT2D eigenvalue weighted by Crippen LogP contribution is 2.29. The van der Waals surface area contributed by atoms with Crippen LogP contribution in [-0.2, 0) is 16.4 Å². The Bertz CT molecular complexity index is 892. The molecule has 0 heterocycles. The molecule has 0 saturated heterocycles. The van der Waals surface area contributed by atoms with Crippen molar-refractivity contribution in [2.24, 2.45) is 0 Å². The van der Waals surface area contributed by atoms with Crippen LogP contribution in [-0.4, -0.2) is 27.1 Å². The lowest BCUT2D eigenvalue weighted by atomic mass is 9.87. The first-order valence-corrected chi connectivity index (χ1v) is 10.7. The number of nitrogens with zero attached hydrogens (tertiary/aromatic N) is 1. The van der Waals surface area contributed by atoms with Crippen molar-refractivity contribution in [3.63, 3.8) is 0 Å². The zero-order chi connectivity index (χ0) is 18.7. The van der Waals surface area contributed by atoms with E-state index in [1.807, 2.05) is 12.1 Å². The van der Waals surface area contributed by atoms with Crippen LogP contribution in [0.15, 0.2) is 48.5 Å². The minimum Gasteiger partial charge on any atom is -0.345 e. The summed E-state index contributed by atoms with van der Waals surface area (Å²) in [6.45, 7) is 2.13. The van der Waals surface area contributed by atoms with Crippen molar-refractivity contribution in [2.45, 2.75) is 32.2 Å². The number of anilines is 1. The topological polar surface area (TPSA) is 66.5 Å². The molecule has 1 aliphatic carbocycles. The first-order valence-electron chi connectivity index (χ1n) is 8.86. The Kier molecular flexibility index (Phi) is 5.32. The van der Waals surface area contributed by atoms with E-state index in [4.69, 9.17) is 0 Å². The van der Waals surface area contributed by atoms with E-state index in [1.54, 1.807) is 31.2 Å². The SMILES string of the molecule is CCN(c1ccc(C(=O)N[C@H]2CCCc3ccccc32)cc1)S(C)(=O)=O. The van der Waals surface area contributed by atoms with E-state index < -0.39 is 10.0 Å². The Hall–Kier alpha value is -2.34. The molecular formula is C20H24N2O3S. The van der Waals surface area contributed by atoms with Gasteiger partial charge in [-0.05, 0) is 61.6 Å². The molecule has 2 aromatic carbocycles. The van der Waals surface area contributed by atoms with Crippen molar-refractivity contribution < 1.29 is 13.2 Å². The maximum atomic E-state index is 12.6. The molecule has 3 rings (SSSR count). The number of carbonyl (C=O) groups is 1. The molecule has 0 spiro atoms. The Morgan fingerprint density at radius 3 is 2.50 bits per heavy atom. The van der Waals surface area contributed by atoms with Crippen LogP contribution in [0.25, 0.3) is 0 Å². The van der Waals surface area contributed by atoms with Gasteiger partial charge in [-0.25, -0.2) is 8.42 Å². The van der Waals surface area contributed by atoms with Crippen LogP contribution >= 0.6 is 0 Å². The van der Waals surface area contributed by atoms with Crippen molar-refractivity contribution >= 4 is 21.6 Å². The maximum Gasteiger partial charge on any atom is 0.251 e. The maximum absolute atomic E-state index is 12.6. The molecule has 0 unspecified atom stereocenters. The van der Waals surface area contributed by atoms with Crippen molar-refractivity contribution in [2.75, 3.05) is 17.1 Å². The van der Waals surface area contributed by atoms with E-state index in [9.17, 15) is 13.2 Å². The average Bonchev–Trinajstić information content (AvgIpc) is 2.62. The fraction of sp³-hybridized carbons (Fsp3) is 0.350. The number of hydrogen-bond donors (Lipinski definition) is 1. The molecular weight excluding hydrogens is 348 g/mol. The molecule has 1 amide bonds. The Morgan fingerprint density at radius 1 is 1.15 bits per heavy atom. The lowest BCUT2D eigenvalue weighted by Gasteiger charge is -2.26. The fourth-order valence-electron chi connectivity index (χ4n) is 3.53. The van der Waals surface area contributed by atoms with Crippen molar-refractivity contribution in [1.29, 1.82) is 0 Å². The summed E-state index contributed by atoms with van der Waals surface area (Å²) in [4.78, 5) is 12.6. The lowest BCUT2D eigenvalue weighted by Crippen LogP contribution is -2.31. The molecule has 26 heavy (non-hydrogen) atoms. The number of aryl methyl sites for hydroxylation is 1. The summed E-state index contributed by atoms with van der Waals surface area (Å²) in [5.74, 6) is -0.138. The van der Waals surface area contributed by atoms with Crippen LogP contribution in [0.1, 0.15) is 47.3 Å². The minimum absolute atomic E-state index is 0.0234. The lowest BCUT2D eigenvalue weighted by molar-refractivity contribution is 0.0933. The predicted molar refractivity (Wildman–Crippen MR) is 104 cm³/mol. The van der Waals surface area contributed by atoms with Gasteiger partial charge in [-0.2, -0.15) is 0 Å². The molecule has 1 aliphatic rings. The number of sulfonamides is 1. The smallest absolute Gasteiger partial charge is 0.251 e. The molecule has 1 atom stereocenters. The first kappa shape index (κ1) is 18.5. The van der Waals surface area contributed by atoms with E-state index in [0.717, 1.165) is 19.3 Å². The summed E-state index contributed by atoms with van der Waals surface area (Å²) in [6.07, 6.45) is 4.21. The summed E-state index contributed by atoms with van der Waals surface area (Å²) in [7, 11) is -3.32. The number of fused-ring (bicyclic) bond motifs is 1. The highest BCUT2D eigenvalue weighted by atomic mass is 32.2. The van der Waals surface area contributed by atoms with Gasteiger partial charge in [-0.15, -0.1) is 0 Å². The number of amides is 1. The molecule has 1 N–H and O–H groups in total. The normalized spacial score (nSPS) is 16.6. The highest BCUT2D eigenvalue weighted by Gasteiger charge is 2.22. The van der Waals surface area contributed by atoms with Gasteiger partial charge in [-0.1, -0.05) is 24.3 Å². The molecule has 6 heteroatoms. The average molecular weight is 372 g/mol. The molecule has 0 bridgehead atoms. The van der Waals surface area contributed by atoms with Gasteiger partial charge in [0.05, 0.1) is 18.0 Å². The predicted octanol–water partition coefficient (Wildman–Crippen LogP) is 3.28. The quantitative estimate of drug-likeness (QED) is 0.876. The summed E-state index contributed by atoms with van der Waals surface area (Å²) in [5, 5.41) is 3.11. The minimum atomic E-state index is -3.32. The zero-order valence-corrected chi connectivity index (χ0v) is 15.9. The van der Waals surface area contributed by atoms with Gasteiger partial charge < -0.3 is 5.32 Å². The van der Waals surface area contributed by atoms with Crippen LogP contribution in [0.3, 0.4) is 0 Å². The van der Waals surface area contributed by atoms with Crippen LogP contribution in [0.2, 0.25) is 0 Å². The molecule has 0 radical (unpaired) electrons. The van der Waals surface area contributed by atoms with Crippen molar-refractivity contribution in [3.05, 3.63) is 65.2 Å². The number of benzene rings is 2.